The highest BCUT2D eigenvalue weighted by molar-refractivity contribution is 5.72. The van der Waals surface area contributed by atoms with Gasteiger partial charge in [-0.3, -0.25) is 9.59 Å². The maximum absolute atomic E-state index is 12.8. The molecule has 0 aromatic heterocycles. The summed E-state index contributed by atoms with van der Waals surface area (Å²) >= 11 is 0. The van der Waals surface area contributed by atoms with Crippen molar-refractivity contribution in [3.63, 3.8) is 0 Å². The summed E-state index contributed by atoms with van der Waals surface area (Å²) in [7, 11) is 5.50. The Hall–Kier alpha value is -4.27. The number of likely N-dealkylation sites (N-methyl/N-ethyl adjacent to an activating group) is 1. The van der Waals surface area contributed by atoms with E-state index in [1.807, 2.05) is 94.1 Å². The lowest BCUT2D eigenvalue weighted by atomic mass is 10.1. The van der Waals surface area contributed by atoms with E-state index in [2.05, 4.69) is 62.5 Å². The number of quaternary nitrogens is 1. The van der Waals surface area contributed by atoms with E-state index in [0.717, 1.165) is 64.2 Å². The molecule has 366 valence electrons. The largest absolute Gasteiger partial charge is 0.477 e. The van der Waals surface area contributed by atoms with Gasteiger partial charge in [0.15, 0.2) is 12.1 Å². The number of carboxylic acid groups (broad SMARTS) is 1. The lowest BCUT2D eigenvalue weighted by Crippen LogP contribution is -2.50. The molecule has 0 aliphatic carbocycles. The molecule has 0 saturated carbocycles. The van der Waals surface area contributed by atoms with E-state index in [1.54, 1.807) is 0 Å². The molecule has 2 unspecified atom stereocenters. The highest BCUT2D eigenvalue weighted by Gasteiger charge is 2.31. The number of carbonyl (C=O) groups excluding carboxylic acids is 2. The summed E-state index contributed by atoms with van der Waals surface area (Å²) in [5, 5.41) is 9.65. The van der Waals surface area contributed by atoms with Gasteiger partial charge in [-0.2, -0.15) is 0 Å². The van der Waals surface area contributed by atoms with Crippen molar-refractivity contribution in [2.24, 2.45) is 0 Å². The normalized spacial score (nSPS) is 13.9. The Morgan fingerprint density at radius 3 is 1.43 bits per heavy atom. The SMILES string of the molecule is CC/C=C/C=C/C=C/C=C/C=C/C=C/C=C/CCCCCC(=O)OCC(COCCC(C(=O)O)[N+](C)(C)C)OC(=O)CCCCCCCCCCC/C=C/C/C=C/C/C=C/CCCCC. The molecule has 65 heavy (non-hydrogen) atoms. The molecule has 0 radical (unpaired) electrons. The fourth-order valence-corrected chi connectivity index (χ4v) is 6.67. The van der Waals surface area contributed by atoms with E-state index in [9.17, 15) is 19.5 Å². The zero-order valence-corrected chi connectivity index (χ0v) is 41.6. The molecule has 0 heterocycles. The second-order valence-corrected chi connectivity index (χ2v) is 17.5. The van der Waals surface area contributed by atoms with Crippen LogP contribution < -0.4 is 0 Å². The van der Waals surface area contributed by atoms with Crippen LogP contribution >= 0.6 is 0 Å². The van der Waals surface area contributed by atoms with Crippen LogP contribution in [-0.4, -0.2) is 80.6 Å². The Kier molecular flexibility index (Phi) is 43.2. The Morgan fingerprint density at radius 1 is 0.492 bits per heavy atom. The van der Waals surface area contributed by atoms with E-state index in [0.29, 0.717) is 25.7 Å². The van der Waals surface area contributed by atoms with Gasteiger partial charge in [-0.05, 0) is 70.6 Å². The van der Waals surface area contributed by atoms with Crippen molar-refractivity contribution in [1.82, 2.24) is 0 Å². The van der Waals surface area contributed by atoms with E-state index in [4.69, 9.17) is 14.2 Å². The van der Waals surface area contributed by atoms with Crippen molar-refractivity contribution in [1.29, 1.82) is 0 Å². The molecule has 0 fully saturated rings. The minimum atomic E-state index is -0.888. The number of esters is 2. The average Bonchev–Trinajstić information content (AvgIpc) is 3.27. The van der Waals surface area contributed by atoms with E-state index in [-0.39, 0.29) is 36.2 Å². The van der Waals surface area contributed by atoms with Gasteiger partial charge in [-0.1, -0.05) is 200 Å². The van der Waals surface area contributed by atoms with Crippen molar-refractivity contribution < 1.29 is 38.2 Å². The summed E-state index contributed by atoms with van der Waals surface area (Å²) < 4.78 is 17.3. The molecule has 8 nitrogen and oxygen atoms in total. The number of hydrogen-bond acceptors (Lipinski definition) is 6. The number of unbranched alkanes of at least 4 members (excludes halogenated alkanes) is 15. The van der Waals surface area contributed by atoms with Gasteiger partial charge in [0, 0.05) is 19.3 Å². The Labute approximate surface area is 397 Å². The molecule has 1 N–H and O–H groups in total. The first-order chi connectivity index (χ1) is 31.6. The first-order valence-corrected chi connectivity index (χ1v) is 25.2. The summed E-state index contributed by atoms with van der Waals surface area (Å²) in [6, 6.07) is -0.632. The van der Waals surface area contributed by atoms with E-state index >= 15 is 0 Å². The van der Waals surface area contributed by atoms with Gasteiger partial charge in [-0.25, -0.2) is 4.79 Å². The Bertz CT molecular complexity index is 1470. The minimum Gasteiger partial charge on any atom is -0.477 e. The number of carboxylic acids is 1. The van der Waals surface area contributed by atoms with Gasteiger partial charge >= 0.3 is 17.9 Å². The van der Waals surface area contributed by atoms with Crippen LogP contribution in [0.4, 0.5) is 0 Å². The molecule has 0 amide bonds. The number of ether oxygens (including phenoxy) is 3. The molecule has 8 heteroatoms. The Balaban J connectivity index is 4.39. The monoisotopic (exact) mass is 903 g/mol. The zero-order valence-electron chi connectivity index (χ0n) is 41.6. The minimum absolute atomic E-state index is 0.0351. The topological polar surface area (TPSA) is 99.1 Å². The smallest absolute Gasteiger partial charge is 0.362 e. The molecular formula is C57H92NO7+. The Morgan fingerprint density at radius 2 is 0.923 bits per heavy atom. The van der Waals surface area contributed by atoms with Crippen molar-refractivity contribution in [3.8, 4) is 0 Å². The predicted molar refractivity (Wildman–Crippen MR) is 275 cm³/mol. The summed E-state index contributed by atoms with van der Waals surface area (Å²) in [5.41, 5.74) is 0. The van der Waals surface area contributed by atoms with Gasteiger partial charge in [0.2, 0.25) is 0 Å². The fourth-order valence-electron chi connectivity index (χ4n) is 6.67. The molecular weight excluding hydrogens is 811 g/mol. The number of carbonyl (C=O) groups is 3. The first kappa shape index (κ1) is 60.7. The number of allylic oxidation sites excluding steroid dienone is 20. The van der Waals surface area contributed by atoms with Crippen molar-refractivity contribution in [3.05, 3.63) is 122 Å². The van der Waals surface area contributed by atoms with Gasteiger partial charge < -0.3 is 23.8 Å². The maximum Gasteiger partial charge on any atom is 0.362 e. The summed E-state index contributed by atoms with van der Waals surface area (Å²) in [4.78, 5) is 37.2. The maximum atomic E-state index is 12.8. The first-order valence-electron chi connectivity index (χ1n) is 25.2. The van der Waals surface area contributed by atoms with Gasteiger partial charge in [0.05, 0.1) is 34.4 Å². The van der Waals surface area contributed by atoms with Gasteiger partial charge in [0.1, 0.15) is 6.61 Å². The zero-order chi connectivity index (χ0) is 47.7. The number of aliphatic carboxylic acids is 1. The number of nitrogens with zero attached hydrogens (tertiary/aromatic N) is 1. The van der Waals surface area contributed by atoms with Crippen LogP contribution in [0, 0.1) is 0 Å². The third kappa shape index (κ3) is 44.7. The van der Waals surface area contributed by atoms with Gasteiger partial charge in [0.25, 0.3) is 0 Å². The van der Waals surface area contributed by atoms with Crippen LogP contribution in [0.1, 0.15) is 168 Å². The molecule has 0 aliphatic rings. The van der Waals surface area contributed by atoms with Crippen LogP contribution in [-0.2, 0) is 28.6 Å². The molecule has 0 aromatic carbocycles. The van der Waals surface area contributed by atoms with Crippen molar-refractivity contribution >= 4 is 17.9 Å². The standard InChI is InChI=1S/C57H91NO7/c1-6-8-10-12-14-16-18-20-22-24-26-27-28-30-32-34-36-38-40-42-44-46-48-56(60)65-53(51-63-50-49-54(57(61)62)58(3,4)5)52-64-55(59)47-45-43-41-39-37-35-33-31-29-25-23-21-19-17-15-13-11-9-7-2/h9,11,13-17,19-23,25-27,29,31,33,35,37,53-54H,6-8,10,12,18,24,28,30,32,34,36,38-52H2,1-5H3/p+1/b11-9+,15-13+,16-14+,19-17+,22-20+,23-21+,27-26+,29-25+,33-31+,37-35+. The molecule has 0 rings (SSSR count). The van der Waals surface area contributed by atoms with Crippen molar-refractivity contribution in [2.45, 2.75) is 180 Å². The summed E-state index contributed by atoms with van der Waals surface area (Å²) in [6.07, 6.45) is 65.3. The molecule has 0 aliphatic heterocycles. The van der Waals surface area contributed by atoms with E-state index < -0.39 is 18.1 Å². The van der Waals surface area contributed by atoms with Crippen LogP contribution in [0.25, 0.3) is 0 Å². The third-order valence-electron chi connectivity index (χ3n) is 10.5. The molecule has 2 atom stereocenters. The van der Waals surface area contributed by atoms with Gasteiger partial charge in [-0.15, -0.1) is 0 Å². The second kappa shape index (κ2) is 46.3. The summed E-state index contributed by atoms with van der Waals surface area (Å²) in [6.45, 7) is 4.49. The van der Waals surface area contributed by atoms with Crippen LogP contribution in [0.5, 0.6) is 0 Å². The highest BCUT2D eigenvalue weighted by atomic mass is 16.6. The number of hydrogen-bond donors (Lipinski definition) is 1. The summed E-state index contributed by atoms with van der Waals surface area (Å²) in [5.74, 6) is -1.55. The molecule has 0 aromatic rings. The molecule has 0 bridgehead atoms. The number of rotatable bonds is 43. The lowest BCUT2D eigenvalue weighted by molar-refractivity contribution is -0.887. The van der Waals surface area contributed by atoms with E-state index in [1.165, 1.54) is 64.2 Å². The molecule has 0 spiro atoms. The average molecular weight is 903 g/mol. The van der Waals surface area contributed by atoms with Crippen molar-refractivity contribution in [2.75, 3.05) is 41.0 Å². The fraction of sp³-hybridized carbons (Fsp3) is 0.596. The lowest BCUT2D eigenvalue weighted by Gasteiger charge is -2.31. The van der Waals surface area contributed by atoms with Crippen LogP contribution in [0.15, 0.2) is 122 Å². The molecule has 0 saturated heterocycles. The van der Waals surface area contributed by atoms with Crippen LogP contribution in [0.3, 0.4) is 0 Å². The predicted octanol–water partition coefficient (Wildman–Crippen LogP) is 14.6. The second-order valence-electron chi connectivity index (χ2n) is 17.5. The quantitative estimate of drug-likeness (QED) is 0.0214. The third-order valence-corrected chi connectivity index (χ3v) is 10.5. The highest BCUT2D eigenvalue weighted by Crippen LogP contribution is 2.14. The van der Waals surface area contributed by atoms with Crippen LogP contribution in [0.2, 0.25) is 0 Å².